The molecule has 0 aliphatic carbocycles. The van der Waals surface area contributed by atoms with Crippen LogP contribution in [-0.2, 0) is 11.3 Å². The van der Waals surface area contributed by atoms with Crippen LogP contribution in [0.5, 0.6) is 5.75 Å². The van der Waals surface area contributed by atoms with Gasteiger partial charge in [0.15, 0.2) is 6.61 Å². The van der Waals surface area contributed by atoms with Crippen molar-refractivity contribution in [2.24, 2.45) is 0 Å². The van der Waals surface area contributed by atoms with Crippen LogP contribution in [0.1, 0.15) is 16.7 Å². The first-order chi connectivity index (χ1) is 10.5. The van der Waals surface area contributed by atoms with Gasteiger partial charge in [0.05, 0.1) is 0 Å². The Labute approximate surface area is 140 Å². The minimum absolute atomic E-state index is 0.0406. The average molecular weight is 362 g/mol. The quantitative estimate of drug-likeness (QED) is 0.801. The maximum atomic E-state index is 12.1. The molecule has 116 valence electrons. The average Bonchev–Trinajstić information content (AvgIpc) is 2.50. The standard InChI is InChI=1S/C18H20BrNO2/c1-13-4-6-15(7-5-13)11-20(3)18(21)12-22-16-8-9-17(19)14(2)10-16/h4-10H,11-12H2,1-3H3. The monoisotopic (exact) mass is 361 g/mol. The highest BCUT2D eigenvalue weighted by Crippen LogP contribution is 2.21. The van der Waals surface area contributed by atoms with E-state index >= 15 is 0 Å². The van der Waals surface area contributed by atoms with Gasteiger partial charge in [0.25, 0.3) is 5.91 Å². The van der Waals surface area contributed by atoms with Crippen LogP contribution in [0.2, 0.25) is 0 Å². The predicted molar refractivity (Wildman–Crippen MR) is 92.0 cm³/mol. The number of benzene rings is 2. The summed E-state index contributed by atoms with van der Waals surface area (Å²) in [5.41, 5.74) is 3.41. The van der Waals surface area contributed by atoms with E-state index < -0.39 is 0 Å². The summed E-state index contributed by atoms with van der Waals surface area (Å²) in [5, 5.41) is 0. The van der Waals surface area contributed by atoms with Gasteiger partial charge in [-0.25, -0.2) is 0 Å². The second-order valence-corrected chi connectivity index (χ2v) is 6.29. The molecule has 0 unspecified atom stereocenters. The topological polar surface area (TPSA) is 29.5 Å². The maximum Gasteiger partial charge on any atom is 0.260 e. The van der Waals surface area contributed by atoms with Crippen molar-refractivity contribution in [2.45, 2.75) is 20.4 Å². The summed E-state index contributed by atoms with van der Waals surface area (Å²) >= 11 is 3.44. The molecule has 0 radical (unpaired) electrons. The molecule has 0 N–H and O–H groups in total. The Morgan fingerprint density at radius 2 is 1.82 bits per heavy atom. The molecule has 2 aromatic carbocycles. The van der Waals surface area contributed by atoms with E-state index in [0.29, 0.717) is 12.3 Å². The largest absolute Gasteiger partial charge is 0.484 e. The van der Waals surface area contributed by atoms with Crippen molar-refractivity contribution >= 4 is 21.8 Å². The van der Waals surface area contributed by atoms with Crippen molar-refractivity contribution < 1.29 is 9.53 Å². The van der Waals surface area contributed by atoms with Gasteiger partial charge in [0.1, 0.15) is 5.75 Å². The molecule has 4 heteroatoms. The van der Waals surface area contributed by atoms with Gasteiger partial charge in [0, 0.05) is 18.1 Å². The van der Waals surface area contributed by atoms with Crippen molar-refractivity contribution in [3.8, 4) is 5.75 Å². The highest BCUT2D eigenvalue weighted by molar-refractivity contribution is 9.10. The van der Waals surface area contributed by atoms with Crippen molar-refractivity contribution in [1.82, 2.24) is 4.90 Å². The lowest BCUT2D eigenvalue weighted by Gasteiger charge is -2.18. The summed E-state index contributed by atoms with van der Waals surface area (Å²) in [5.74, 6) is 0.666. The molecule has 2 aromatic rings. The summed E-state index contributed by atoms with van der Waals surface area (Å²) in [6, 6.07) is 13.9. The van der Waals surface area contributed by atoms with E-state index in [4.69, 9.17) is 4.74 Å². The van der Waals surface area contributed by atoms with Crippen molar-refractivity contribution in [1.29, 1.82) is 0 Å². The van der Waals surface area contributed by atoms with E-state index in [1.54, 1.807) is 11.9 Å². The van der Waals surface area contributed by atoms with Crippen LogP contribution in [0, 0.1) is 13.8 Å². The number of nitrogens with zero attached hydrogens (tertiary/aromatic N) is 1. The zero-order chi connectivity index (χ0) is 16.1. The van der Waals surface area contributed by atoms with Crippen molar-refractivity contribution in [3.63, 3.8) is 0 Å². The normalized spacial score (nSPS) is 10.4. The number of carbonyl (C=O) groups is 1. The SMILES string of the molecule is Cc1ccc(CN(C)C(=O)COc2ccc(Br)c(C)c2)cc1. The highest BCUT2D eigenvalue weighted by Gasteiger charge is 2.10. The van der Waals surface area contributed by atoms with E-state index in [2.05, 4.69) is 28.1 Å². The van der Waals surface area contributed by atoms with Gasteiger partial charge in [0.2, 0.25) is 0 Å². The van der Waals surface area contributed by atoms with Crippen LogP contribution in [0.15, 0.2) is 46.9 Å². The lowest BCUT2D eigenvalue weighted by Crippen LogP contribution is -2.30. The van der Waals surface area contributed by atoms with Crippen molar-refractivity contribution in [3.05, 3.63) is 63.6 Å². The Morgan fingerprint density at radius 3 is 2.45 bits per heavy atom. The van der Waals surface area contributed by atoms with Gasteiger partial charge in [-0.2, -0.15) is 0 Å². The number of aryl methyl sites for hydroxylation is 2. The number of likely N-dealkylation sites (N-methyl/N-ethyl adjacent to an activating group) is 1. The number of hydrogen-bond donors (Lipinski definition) is 0. The molecule has 0 heterocycles. The summed E-state index contributed by atoms with van der Waals surface area (Å²) < 4.78 is 6.60. The predicted octanol–water partition coefficient (Wildman–Crippen LogP) is 4.10. The first-order valence-corrected chi connectivity index (χ1v) is 7.93. The number of ether oxygens (including phenoxy) is 1. The van der Waals surface area contributed by atoms with Gasteiger partial charge < -0.3 is 9.64 Å². The Bertz CT molecular complexity index is 653. The molecule has 3 nitrogen and oxygen atoms in total. The van der Waals surface area contributed by atoms with E-state index in [0.717, 1.165) is 15.6 Å². The summed E-state index contributed by atoms with van der Waals surface area (Å²) in [7, 11) is 1.79. The first-order valence-electron chi connectivity index (χ1n) is 7.14. The van der Waals surface area contributed by atoms with Crippen LogP contribution in [0.25, 0.3) is 0 Å². The Balaban J connectivity index is 1.88. The summed E-state index contributed by atoms with van der Waals surface area (Å²) in [4.78, 5) is 13.8. The molecular weight excluding hydrogens is 342 g/mol. The molecule has 0 fully saturated rings. The number of halogens is 1. The smallest absolute Gasteiger partial charge is 0.260 e. The molecule has 0 saturated carbocycles. The summed E-state index contributed by atoms with van der Waals surface area (Å²) in [6.07, 6.45) is 0. The van der Waals surface area contributed by atoms with Crippen LogP contribution < -0.4 is 4.74 Å². The Morgan fingerprint density at radius 1 is 1.14 bits per heavy atom. The third kappa shape index (κ3) is 4.60. The van der Waals surface area contributed by atoms with Crippen molar-refractivity contribution in [2.75, 3.05) is 13.7 Å². The molecule has 0 atom stereocenters. The van der Waals surface area contributed by atoms with E-state index in [-0.39, 0.29) is 12.5 Å². The number of rotatable bonds is 5. The second-order valence-electron chi connectivity index (χ2n) is 5.44. The molecule has 0 spiro atoms. The number of amides is 1. The van der Waals surface area contributed by atoms with Crippen LogP contribution in [0.3, 0.4) is 0 Å². The fraction of sp³-hybridized carbons (Fsp3) is 0.278. The zero-order valence-corrected chi connectivity index (χ0v) is 14.7. The molecule has 0 aliphatic rings. The number of carbonyl (C=O) groups excluding carboxylic acids is 1. The maximum absolute atomic E-state index is 12.1. The lowest BCUT2D eigenvalue weighted by atomic mass is 10.1. The minimum Gasteiger partial charge on any atom is -0.484 e. The fourth-order valence-electron chi connectivity index (χ4n) is 2.02. The minimum atomic E-state index is -0.0406. The Hall–Kier alpha value is -1.81. The van der Waals surface area contributed by atoms with Crippen LogP contribution in [0.4, 0.5) is 0 Å². The summed E-state index contributed by atoms with van der Waals surface area (Å²) in [6.45, 7) is 4.67. The van der Waals surface area contributed by atoms with Gasteiger partial charge >= 0.3 is 0 Å². The zero-order valence-electron chi connectivity index (χ0n) is 13.1. The molecule has 0 saturated heterocycles. The third-order valence-corrected chi connectivity index (χ3v) is 4.35. The highest BCUT2D eigenvalue weighted by atomic mass is 79.9. The molecule has 0 aromatic heterocycles. The molecule has 0 bridgehead atoms. The van der Waals surface area contributed by atoms with Crippen LogP contribution in [-0.4, -0.2) is 24.5 Å². The fourth-order valence-corrected chi connectivity index (χ4v) is 2.26. The third-order valence-electron chi connectivity index (χ3n) is 3.46. The lowest BCUT2D eigenvalue weighted by molar-refractivity contribution is -0.132. The number of hydrogen-bond acceptors (Lipinski definition) is 2. The van der Waals surface area contributed by atoms with E-state index in [9.17, 15) is 4.79 Å². The second kappa shape index (κ2) is 7.45. The molecule has 22 heavy (non-hydrogen) atoms. The molecule has 1 amide bonds. The van der Waals surface area contributed by atoms with Crippen LogP contribution >= 0.6 is 15.9 Å². The Kier molecular flexibility index (Phi) is 5.61. The van der Waals surface area contributed by atoms with Gasteiger partial charge in [-0.15, -0.1) is 0 Å². The molecule has 0 aliphatic heterocycles. The van der Waals surface area contributed by atoms with Gasteiger partial charge in [-0.1, -0.05) is 45.8 Å². The molecule has 2 rings (SSSR count). The van der Waals surface area contributed by atoms with Gasteiger partial charge in [-0.05, 0) is 43.2 Å². The molecular formula is C18H20BrNO2. The van der Waals surface area contributed by atoms with E-state index in [1.165, 1.54) is 5.56 Å². The van der Waals surface area contributed by atoms with Gasteiger partial charge in [-0.3, -0.25) is 4.79 Å². The first kappa shape index (κ1) is 16.6. The van der Waals surface area contributed by atoms with E-state index in [1.807, 2.05) is 44.2 Å².